The van der Waals surface area contributed by atoms with Crippen molar-refractivity contribution < 1.29 is 0 Å². The molecule has 0 unspecified atom stereocenters. The van der Waals surface area contributed by atoms with Crippen LogP contribution in [0.3, 0.4) is 0 Å². The molecule has 10 aromatic rings. The molecular formula is C55H35NS. The molecule has 1 nitrogen and oxygen atoms in total. The number of hydrogen-bond acceptors (Lipinski definition) is 2. The van der Waals surface area contributed by atoms with E-state index in [1.807, 2.05) is 11.3 Å². The topological polar surface area (TPSA) is 3.24 Å². The van der Waals surface area contributed by atoms with Gasteiger partial charge in [0.15, 0.2) is 0 Å². The Morgan fingerprint density at radius 3 is 1.60 bits per heavy atom. The summed E-state index contributed by atoms with van der Waals surface area (Å²) in [6.07, 6.45) is 0. The molecule has 12 rings (SSSR count). The van der Waals surface area contributed by atoms with Crippen LogP contribution in [0, 0.1) is 0 Å². The Kier molecular flexibility index (Phi) is 7.08. The average Bonchev–Trinajstić information content (AvgIpc) is 3.91. The maximum absolute atomic E-state index is 2.50. The van der Waals surface area contributed by atoms with E-state index in [2.05, 4.69) is 217 Å². The monoisotopic (exact) mass is 741 g/mol. The molecule has 2 aliphatic carbocycles. The third kappa shape index (κ3) is 4.62. The fraction of sp³-hybridized carbons (Fsp3) is 0.0182. The molecule has 0 aliphatic heterocycles. The molecule has 0 radical (unpaired) electrons. The Morgan fingerprint density at radius 2 is 0.860 bits per heavy atom. The normalized spacial score (nSPS) is 13.1. The van der Waals surface area contributed by atoms with Crippen LogP contribution < -0.4 is 4.90 Å². The summed E-state index contributed by atoms with van der Waals surface area (Å²) in [5.74, 6) is 0. The molecule has 1 heterocycles. The van der Waals surface area contributed by atoms with Crippen molar-refractivity contribution in [2.24, 2.45) is 0 Å². The molecular weight excluding hydrogens is 707 g/mol. The van der Waals surface area contributed by atoms with Gasteiger partial charge in [0.05, 0.1) is 11.1 Å². The van der Waals surface area contributed by atoms with Gasteiger partial charge in [-0.1, -0.05) is 170 Å². The maximum atomic E-state index is 2.50. The predicted molar refractivity (Wildman–Crippen MR) is 241 cm³/mol. The quantitative estimate of drug-likeness (QED) is 0.170. The van der Waals surface area contributed by atoms with Crippen LogP contribution in [0.2, 0.25) is 0 Å². The molecule has 0 saturated carbocycles. The molecule has 0 saturated heterocycles. The van der Waals surface area contributed by atoms with Gasteiger partial charge in [0.1, 0.15) is 0 Å². The van der Waals surface area contributed by atoms with E-state index in [0.717, 1.165) is 17.1 Å². The third-order valence-corrected chi connectivity index (χ3v) is 13.4. The maximum Gasteiger partial charge on any atom is 0.0726 e. The van der Waals surface area contributed by atoms with Gasteiger partial charge < -0.3 is 4.90 Å². The highest BCUT2D eigenvalue weighted by Crippen LogP contribution is 2.63. The molecule has 0 fully saturated rings. The van der Waals surface area contributed by atoms with Gasteiger partial charge in [-0.2, -0.15) is 0 Å². The van der Waals surface area contributed by atoms with Gasteiger partial charge >= 0.3 is 0 Å². The van der Waals surface area contributed by atoms with Gasteiger partial charge in [-0.25, -0.2) is 0 Å². The summed E-state index contributed by atoms with van der Waals surface area (Å²) in [6, 6.07) is 78.8. The van der Waals surface area contributed by atoms with Gasteiger partial charge in [0.2, 0.25) is 0 Å². The van der Waals surface area contributed by atoms with Crippen LogP contribution >= 0.6 is 11.3 Å². The highest BCUT2D eigenvalue weighted by Gasteiger charge is 2.51. The van der Waals surface area contributed by atoms with Crippen molar-refractivity contribution in [1.29, 1.82) is 0 Å². The molecule has 0 atom stereocenters. The fourth-order valence-corrected chi connectivity index (χ4v) is 11.1. The smallest absolute Gasteiger partial charge is 0.0726 e. The number of anilines is 3. The largest absolute Gasteiger partial charge is 0.310 e. The molecule has 0 bridgehead atoms. The minimum absolute atomic E-state index is 0.437. The van der Waals surface area contributed by atoms with Gasteiger partial charge in [0.25, 0.3) is 0 Å². The van der Waals surface area contributed by atoms with Gasteiger partial charge in [-0.05, 0) is 104 Å². The van der Waals surface area contributed by atoms with Crippen molar-refractivity contribution in [3.8, 4) is 44.5 Å². The molecule has 2 heteroatoms. The van der Waals surface area contributed by atoms with Crippen molar-refractivity contribution in [1.82, 2.24) is 0 Å². The second-order valence-electron chi connectivity index (χ2n) is 15.2. The van der Waals surface area contributed by atoms with E-state index in [-0.39, 0.29) is 0 Å². The van der Waals surface area contributed by atoms with Crippen LogP contribution in [0.4, 0.5) is 17.1 Å². The zero-order valence-corrected chi connectivity index (χ0v) is 31.9. The number of thiophene rings is 1. The van der Waals surface area contributed by atoms with Gasteiger partial charge in [-0.3, -0.25) is 0 Å². The molecule has 57 heavy (non-hydrogen) atoms. The molecule has 266 valence electrons. The summed E-state index contributed by atoms with van der Waals surface area (Å²) in [5, 5.41) is 2.61. The van der Waals surface area contributed by atoms with Crippen molar-refractivity contribution in [3.63, 3.8) is 0 Å². The fourth-order valence-electron chi connectivity index (χ4n) is 10.00. The summed E-state index contributed by atoms with van der Waals surface area (Å²) in [7, 11) is 0. The van der Waals surface area contributed by atoms with E-state index in [9.17, 15) is 0 Å². The second kappa shape index (κ2) is 12.5. The number of rotatable bonds is 5. The average molecular weight is 742 g/mol. The summed E-state index contributed by atoms with van der Waals surface area (Å²) in [4.78, 5) is 2.50. The minimum atomic E-state index is -0.437. The van der Waals surface area contributed by atoms with Crippen molar-refractivity contribution >= 4 is 48.6 Å². The van der Waals surface area contributed by atoms with Crippen molar-refractivity contribution in [3.05, 3.63) is 235 Å². The van der Waals surface area contributed by atoms with Crippen LogP contribution in [0.15, 0.2) is 212 Å². The molecule has 0 N–H and O–H groups in total. The van der Waals surface area contributed by atoms with Gasteiger partial charge in [-0.15, -0.1) is 11.3 Å². The highest BCUT2D eigenvalue weighted by molar-refractivity contribution is 7.25. The summed E-state index contributed by atoms with van der Waals surface area (Å²) in [5.41, 5.74) is 18.4. The summed E-state index contributed by atoms with van der Waals surface area (Å²) in [6.45, 7) is 0. The van der Waals surface area contributed by atoms with E-state index < -0.39 is 5.41 Å². The van der Waals surface area contributed by atoms with Crippen LogP contribution in [0.1, 0.15) is 22.3 Å². The molecule has 1 spiro atoms. The Morgan fingerprint density at radius 1 is 0.333 bits per heavy atom. The second-order valence-corrected chi connectivity index (χ2v) is 16.2. The lowest BCUT2D eigenvalue weighted by Crippen LogP contribution is -2.26. The lowest BCUT2D eigenvalue weighted by atomic mass is 9.70. The van der Waals surface area contributed by atoms with E-state index in [1.54, 1.807) is 0 Å². The van der Waals surface area contributed by atoms with Crippen LogP contribution in [-0.2, 0) is 5.41 Å². The van der Waals surface area contributed by atoms with Crippen molar-refractivity contribution in [2.45, 2.75) is 5.41 Å². The van der Waals surface area contributed by atoms with Crippen LogP contribution in [0.5, 0.6) is 0 Å². The molecule has 1 aromatic heterocycles. The Balaban J connectivity index is 1.15. The van der Waals surface area contributed by atoms with Crippen LogP contribution in [-0.4, -0.2) is 0 Å². The Hall–Kier alpha value is -7.00. The first-order valence-electron chi connectivity index (χ1n) is 19.7. The number of nitrogens with zero attached hydrogens (tertiary/aromatic N) is 1. The van der Waals surface area contributed by atoms with Crippen LogP contribution in [0.25, 0.3) is 64.7 Å². The third-order valence-electron chi connectivity index (χ3n) is 12.3. The zero-order chi connectivity index (χ0) is 37.5. The van der Waals surface area contributed by atoms with Crippen molar-refractivity contribution in [2.75, 3.05) is 4.90 Å². The van der Waals surface area contributed by atoms with E-state index in [4.69, 9.17) is 0 Å². The zero-order valence-electron chi connectivity index (χ0n) is 31.1. The highest BCUT2D eigenvalue weighted by atomic mass is 32.1. The van der Waals surface area contributed by atoms with Gasteiger partial charge in [0, 0.05) is 37.1 Å². The number of fused-ring (bicyclic) bond motifs is 13. The Bertz CT molecular complexity index is 3140. The summed E-state index contributed by atoms with van der Waals surface area (Å²) < 4.78 is 2.61. The predicted octanol–water partition coefficient (Wildman–Crippen LogP) is 15.2. The lowest BCUT2D eigenvalue weighted by molar-refractivity contribution is 0.793. The first-order chi connectivity index (χ1) is 28.3. The summed E-state index contributed by atoms with van der Waals surface area (Å²) >= 11 is 1.87. The first-order valence-corrected chi connectivity index (χ1v) is 20.5. The SMILES string of the molecule is c1ccc(-c2cccc(N(c3ccc4c(c3)C3(c5ccccc5-c5ccccc53)c3ccccc3-4)c3ccccc3-c3cccc4sc5ccccc5c34)c2)cc1. The molecule has 9 aromatic carbocycles. The van der Waals surface area contributed by atoms with E-state index in [0.29, 0.717) is 0 Å². The minimum Gasteiger partial charge on any atom is -0.310 e. The number of hydrogen-bond donors (Lipinski definition) is 0. The van der Waals surface area contributed by atoms with E-state index >= 15 is 0 Å². The lowest BCUT2D eigenvalue weighted by Gasteiger charge is -2.33. The standard InChI is InChI=1S/C55H35NS/c1-2-16-36(17-3-1)37-18-14-19-38(34-37)56(51-29-12-7-23-44(51)45-25-15-31-53-54(45)46-24-8-13-30-52(46)57-53)39-32-33-43-42-22-6-11-28-49(42)55(50(43)35-39)47-26-9-4-20-40(47)41-21-5-10-27-48(41)55/h1-35H. The first kappa shape index (κ1) is 32.3. The molecule has 0 amide bonds. The number of para-hydroxylation sites is 1. The number of benzene rings is 9. The molecule has 2 aliphatic rings. The Labute approximate surface area is 336 Å². The van der Waals surface area contributed by atoms with E-state index in [1.165, 1.54) is 86.9 Å².